The van der Waals surface area contributed by atoms with Gasteiger partial charge >= 0.3 is 5.97 Å². The van der Waals surface area contributed by atoms with Crippen molar-refractivity contribution in [2.24, 2.45) is 17.3 Å². The Bertz CT molecular complexity index is 1650. The SMILES string of the molecule is CC(C)(C)CC(C)(C)N1C/C=C\CCC(=O)OC[C@H](c2ccccc2)NC(=O)[C@@H]2[C@H]3C(=O)N([C@H](CO)c4ccccc4)[C@H](C1=O)[C@]31C=C[C@H]2O1. The second-order valence-electron chi connectivity index (χ2n) is 15.7. The van der Waals surface area contributed by atoms with Crippen LogP contribution in [0.3, 0.4) is 0 Å². The Morgan fingerprint density at radius 1 is 0.940 bits per heavy atom. The minimum atomic E-state index is -1.44. The molecule has 2 N–H and O–H groups in total. The second-order valence-corrected chi connectivity index (χ2v) is 15.7. The minimum absolute atomic E-state index is 0.0846. The van der Waals surface area contributed by atoms with Gasteiger partial charge in [-0.05, 0) is 43.2 Å². The number of carbonyl (C=O) groups excluding carboxylic acids is 4. The van der Waals surface area contributed by atoms with Crippen LogP contribution in [0, 0.1) is 17.3 Å². The summed E-state index contributed by atoms with van der Waals surface area (Å²) in [6.45, 7) is 10.1. The molecule has 5 bridgehead atoms. The number of allylic oxidation sites excluding steroid dienone is 1. The fourth-order valence-electron chi connectivity index (χ4n) is 8.65. The smallest absolute Gasteiger partial charge is 0.306 e. The van der Waals surface area contributed by atoms with E-state index in [9.17, 15) is 19.5 Å². The molecule has 2 aromatic rings. The van der Waals surface area contributed by atoms with Crippen molar-refractivity contribution in [3.8, 4) is 0 Å². The molecular formula is C40H49N3O7. The maximum atomic E-state index is 15.4. The van der Waals surface area contributed by atoms with Crippen molar-refractivity contribution in [2.75, 3.05) is 19.8 Å². The van der Waals surface area contributed by atoms with E-state index in [4.69, 9.17) is 9.47 Å². The monoisotopic (exact) mass is 683 g/mol. The highest BCUT2D eigenvalue weighted by Gasteiger charge is 2.74. The van der Waals surface area contributed by atoms with Crippen LogP contribution in [0.2, 0.25) is 0 Å². The van der Waals surface area contributed by atoms with Gasteiger partial charge in [0.05, 0.1) is 36.6 Å². The molecule has 266 valence electrons. The van der Waals surface area contributed by atoms with Gasteiger partial charge in [-0.2, -0.15) is 0 Å². The van der Waals surface area contributed by atoms with Crippen molar-refractivity contribution in [2.45, 2.75) is 89.3 Å². The molecule has 0 unspecified atom stereocenters. The van der Waals surface area contributed by atoms with E-state index in [0.29, 0.717) is 18.4 Å². The molecule has 7 atom stereocenters. The second kappa shape index (κ2) is 13.8. The molecule has 4 aliphatic heterocycles. The molecule has 50 heavy (non-hydrogen) atoms. The van der Waals surface area contributed by atoms with Crippen LogP contribution in [0.25, 0.3) is 0 Å². The average Bonchev–Trinajstić information content (AvgIpc) is 3.71. The molecule has 0 aromatic heterocycles. The van der Waals surface area contributed by atoms with E-state index in [0.717, 1.165) is 5.56 Å². The van der Waals surface area contributed by atoms with Crippen LogP contribution in [0.4, 0.5) is 0 Å². The summed E-state index contributed by atoms with van der Waals surface area (Å²) in [5.41, 5.74) is -0.840. The van der Waals surface area contributed by atoms with E-state index >= 15 is 4.79 Å². The number of nitrogens with one attached hydrogen (secondary N) is 1. The van der Waals surface area contributed by atoms with E-state index in [1.165, 1.54) is 4.90 Å². The molecule has 3 amide bonds. The summed E-state index contributed by atoms with van der Waals surface area (Å²) in [5.74, 6) is -3.58. The van der Waals surface area contributed by atoms with Gasteiger partial charge in [0.1, 0.15) is 18.2 Å². The molecule has 1 spiro atoms. The largest absolute Gasteiger partial charge is 0.463 e. The zero-order valence-electron chi connectivity index (χ0n) is 29.6. The van der Waals surface area contributed by atoms with Gasteiger partial charge in [0.15, 0.2) is 0 Å². The maximum Gasteiger partial charge on any atom is 0.306 e. The van der Waals surface area contributed by atoms with Gasteiger partial charge in [-0.3, -0.25) is 19.2 Å². The van der Waals surface area contributed by atoms with E-state index in [2.05, 4.69) is 26.1 Å². The number of nitrogens with zero attached hydrogens (tertiary/aromatic N) is 2. The predicted molar refractivity (Wildman–Crippen MR) is 187 cm³/mol. The van der Waals surface area contributed by atoms with Crippen LogP contribution in [-0.2, 0) is 28.7 Å². The summed E-state index contributed by atoms with van der Waals surface area (Å²) in [6.07, 6.45) is 7.77. The van der Waals surface area contributed by atoms with Crippen molar-refractivity contribution in [3.63, 3.8) is 0 Å². The zero-order chi connectivity index (χ0) is 35.8. The van der Waals surface area contributed by atoms with Crippen LogP contribution in [0.1, 0.15) is 77.1 Å². The first kappa shape index (κ1) is 35.5. The van der Waals surface area contributed by atoms with Crippen LogP contribution >= 0.6 is 0 Å². The lowest BCUT2D eigenvalue weighted by atomic mass is 9.73. The van der Waals surface area contributed by atoms with Gasteiger partial charge in [-0.1, -0.05) is 106 Å². The Balaban J connectivity index is 1.49. The number of ether oxygens (including phenoxy) is 2. The van der Waals surface area contributed by atoms with Gasteiger partial charge in [-0.25, -0.2) is 0 Å². The molecule has 10 nitrogen and oxygen atoms in total. The lowest BCUT2D eigenvalue weighted by Crippen LogP contribution is -2.61. The maximum absolute atomic E-state index is 15.4. The summed E-state index contributed by atoms with van der Waals surface area (Å²) in [7, 11) is 0. The average molecular weight is 684 g/mol. The number of benzene rings is 2. The van der Waals surface area contributed by atoms with Gasteiger partial charge < -0.3 is 29.7 Å². The molecule has 2 saturated heterocycles. The number of likely N-dealkylation sites (tertiary alicyclic amines) is 1. The highest BCUT2D eigenvalue weighted by Crippen LogP contribution is 2.57. The van der Waals surface area contributed by atoms with E-state index in [-0.39, 0.29) is 30.9 Å². The predicted octanol–water partition coefficient (Wildman–Crippen LogP) is 4.66. The molecule has 2 aromatic carbocycles. The summed E-state index contributed by atoms with van der Waals surface area (Å²) < 4.78 is 12.3. The number of fused-ring (bicyclic) bond motifs is 2. The van der Waals surface area contributed by atoms with Gasteiger partial charge in [0, 0.05) is 18.5 Å². The van der Waals surface area contributed by atoms with E-state index in [1.54, 1.807) is 17.1 Å². The first-order chi connectivity index (χ1) is 23.8. The van der Waals surface area contributed by atoms with Crippen molar-refractivity contribution in [1.29, 1.82) is 0 Å². The normalized spacial score (nSPS) is 30.2. The Morgan fingerprint density at radius 3 is 2.28 bits per heavy atom. The molecule has 4 aliphatic rings. The summed E-state index contributed by atoms with van der Waals surface area (Å²) >= 11 is 0. The summed E-state index contributed by atoms with van der Waals surface area (Å²) in [6, 6.07) is 15.7. The third-order valence-corrected chi connectivity index (χ3v) is 10.4. The molecule has 10 heteroatoms. The Labute approximate surface area is 294 Å². The number of amides is 3. The lowest BCUT2D eigenvalue weighted by Gasteiger charge is -2.46. The number of aliphatic hydroxyl groups excluding tert-OH is 1. The molecule has 0 saturated carbocycles. The standard InChI is InChI=1S/C40H49N3O7/c1-38(2,3)25-39(4,5)42-22-14-8-13-19-31(45)49-24-28(26-15-9-6-10-16-26)41-35(46)32-30-20-21-40(50-30)33(32)36(47)43(34(40)37(42)48)29(23-44)27-17-11-7-12-18-27/h6-12,14-18,20-21,28-30,32-34,44H,13,19,22-25H2,1-5H3,(H,41,46)/b14-8-/t28-,29-,30-,32+,33+,34-,40+/m1/s1. The van der Waals surface area contributed by atoms with Crippen molar-refractivity contribution in [1.82, 2.24) is 15.1 Å². The molecule has 2 fully saturated rings. The van der Waals surface area contributed by atoms with Crippen molar-refractivity contribution in [3.05, 3.63) is 96.1 Å². The first-order valence-corrected chi connectivity index (χ1v) is 17.6. The van der Waals surface area contributed by atoms with Crippen LogP contribution in [0.5, 0.6) is 0 Å². The lowest BCUT2D eigenvalue weighted by molar-refractivity contribution is -0.155. The number of carbonyl (C=O) groups is 4. The molecule has 0 aliphatic carbocycles. The van der Waals surface area contributed by atoms with Gasteiger partial charge in [0.2, 0.25) is 17.7 Å². The van der Waals surface area contributed by atoms with E-state index < -0.39 is 71.6 Å². The summed E-state index contributed by atoms with van der Waals surface area (Å²) in [5, 5.41) is 14.0. The van der Waals surface area contributed by atoms with Crippen LogP contribution in [-0.4, -0.2) is 81.6 Å². The van der Waals surface area contributed by atoms with E-state index in [1.807, 2.05) is 86.7 Å². The topological polar surface area (TPSA) is 125 Å². The molecule has 6 rings (SSSR count). The Hall–Kier alpha value is -4.28. The third-order valence-electron chi connectivity index (χ3n) is 10.4. The molecule has 4 heterocycles. The fraction of sp³-hybridized carbons (Fsp3) is 0.500. The first-order valence-electron chi connectivity index (χ1n) is 17.6. The quantitative estimate of drug-likeness (QED) is 0.335. The molecule has 0 radical (unpaired) electrons. The Kier molecular flexibility index (Phi) is 9.81. The fourth-order valence-corrected chi connectivity index (χ4v) is 8.65. The Morgan fingerprint density at radius 2 is 1.62 bits per heavy atom. The van der Waals surface area contributed by atoms with Crippen molar-refractivity contribution < 1.29 is 33.8 Å². The molecular weight excluding hydrogens is 634 g/mol. The highest BCUT2D eigenvalue weighted by molar-refractivity contribution is 6.00. The zero-order valence-corrected chi connectivity index (χ0v) is 29.6. The van der Waals surface area contributed by atoms with Gasteiger partial charge in [-0.15, -0.1) is 0 Å². The number of rotatable bonds is 6. The third kappa shape index (κ3) is 6.63. The number of hydrogen-bond donors (Lipinski definition) is 2. The minimum Gasteiger partial charge on any atom is -0.463 e. The van der Waals surface area contributed by atoms with Crippen molar-refractivity contribution >= 4 is 23.7 Å². The number of aliphatic hydroxyl groups is 1. The van der Waals surface area contributed by atoms with Crippen LogP contribution in [0.15, 0.2) is 85.0 Å². The van der Waals surface area contributed by atoms with Gasteiger partial charge in [0.25, 0.3) is 0 Å². The van der Waals surface area contributed by atoms with Crippen LogP contribution < -0.4 is 5.32 Å². The number of esters is 1. The highest BCUT2D eigenvalue weighted by atomic mass is 16.5. The number of hydrogen-bond acceptors (Lipinski definition) is 7. The summed E-state index contributed by atoms with van der Waals surface area (Å²) in [4.78, 5) is 60.8. The number of cyclic esters (lactones) is 1.